The normalized spacial score (nSPS) is 19.8. The van der Waals surface area contributed by atoms with Gasteiger partial charge in [0.15, 0.2) is 0 Å². The third kappa shape index (κ3) is 6.00. The molecule has 5 heteroatoms. The lowest BCUT2D eigenvalue weighted by atomic mass is 10.2. The van der Waals surface area contributed by atoms with Crippen LogP contribution < -0.4 is 10.6 Å². The molecule has 0 aromatic carbocycles. The Hall–Kier alpha value is -0.650. The Morgan fingerprint density at radius 2 is 2.41 bits per heavy atom. The molecule has 1 heterocycles. The van der Waals surface area contributed by atoms with Crippen molar-refractivity contribution in [2.75, 3.05) is 46.4 Å². The van der Waals surface area contributed by atoms with Gasteiger partial charge in [-0.2, -0.15) is 0 Å². The molecule has 1 atom stereocenters. The van der Waals surface area contributed by atoms with E-state index in [1.54, 1.807) is 7.11 Å². The summed E-state index contributed by atoms with van der Waals surface area (Å²) >= 11 is 0. The molecule has 1 saturated heterocycles. The quantitative estimate of drug-likeness (QED) is 0.581. The van der Waals surface area contributed by atoms with E-state index in [-0.39, 0.29) is 5.91 Å². The molecule has 1 aliphatic rings. The van der Waals surface area contributed by atoms with Crippen molar-refractivity contribution in [1.82, 2.24) is 15.5 Å². The molecular weight excluding hydrogens is 218 g/mol. The monoisotopic (exact) mass is 243 g/mol. The first-order valence-corrected chi connectivity index (χ1v) is 6.47. The van der Waals surface area contributed by atoms with Crippen molar-refractivity contribution in [1.29, 1.82) is 0 Å². The molecule has 1 fully saturated rings. The summed E-state index contributed by atoms with van der Waals surface area (Å²) in [5, 5.41) is 6.30. The van der Waals surface area contributed by atoms with Crippen LogP contribution in [0.3, 0.4) is 0 Å². The first-order chi connectivity index (χ1) is 8.26. The van der Waals surface area contributed by atoms with Gasteiger partial charge in [0.05, 0.1) is 13.2 Å². The van der Waals surface area contributed by atoms with Crippen molar-refractivity contribution in [3.05, 3.63) is 0 Å². The van der Waals surface area contributed by atoms with Crippen molar-refractivity contribution < 1.29 is 9.53 Å². The highest BCUT2D eigenvalue weighted by atomic mass is 16.5. The van der Waals surface area contributed by atoms with Gasteiger partial charge in [0.2, 0.25) is 5.91 Å². The summed E-state index contributed by atoms with van der Waals surface area (Å²) in [5.41, 5.74) is 0. The third-order valence-corrected chi connectivity index (χ3v) is 3.08. The van der Waals surface area contributed by atoms with Crippen molar-refractivity contribution in [3.8, 4) is 0 Å². The predicted molar refractivity (Wildman–Crippen MR) is 68.0 cm³/mol. The van der Waals surface area contributed by atoms with Crippen LogP contribution in [0.1, 0.15) is 19.8 Å². The second-order valence-electron chi connectivity index (χ2n) is 4.46. The van der Waals surface area contributed by atoms with Crippen molar-refractivity contribution in [2.24, 2.45) is 0 Å². The number of carbonyl (C=O) groups excluding carboxylic acids is 1. The van der Waals surface area contributed by atoms with Gasteiger partial charge in [-0.25, -0.2) is 0 Å². The van der Waals surface area contributed by atoms with Crippen LogP contribution >= 0.6 is 0 Å². The van der Waals surface area contributed by atoms with E-state index in [0.717, 1.165) is 19.6 Å². The van der Waals surface area contributed by atoms with Crippen LogP contribution in [0.4, 0.5) is 0 Å². The summed E-state index contributed by atoms with van der Waals surface area (Å²) in [4.78, 5) is 13.8. The molecule has 0 radical (unpaired) electrons. The van der Waals surface area contributed by atoms with Crippen LogP contribution in [0.5, 0.6) is 0 Å². The number of rotatable bonds is 8. The maximum absolute atomic E-state index is 11.6. The van der Waals surface area contributed by atoms with E-state index in [9.17, 15) is 4.79 Å². The topological polar surface area (TPSA) is 53.6 Å². The molecule has 1 aliphatic heterocycles. The Labute approximate surface area is 104 Å². The van der Waals surface area contributed by atoms with Gasteiger partial charge in [0.1, 0.15) is 0 Å². The van der Waals surface area contributed by atoms with Crippen LogP contribution in [0.2, 0.25) is 0 Å². The number of ether oxygens (including phenoxy) is 1. The summed E-state index contributed by atoms with van der Waals surface area (Å²) in [5.74, 6) is 0.0851. The van der Waals surface area contributed by atoms with Gasteiger partial charge in [-0.05, 0) is 25.9 Å². The summed E-state index contributed by atoms with van der Waals surface area (Å²) in [7, 11) is 1.64. The predicted octanol–water partition coefficient (Wildman–Crippen LogP) is -0.177. The van der Waals surface area contributed by atoms with Crippen molar-refractivity contribution in [2.45, 2.75) is 25.8 Å². The van der Waals surface area contributed by atoms with Crippen LogP contribution in [-0.4, -0.2) is 63.3 Å². The average molecular weight is 243 g/mol. The molecule has 5 nitrogen and oxygen atoms in total. The second-order valence-corrected chi connectivity index (χ2v) is 4.46. The van der Waals surface area contributed by atoms with Gasteiger partial charge < -0.3 is 15.4 Å². The summed E-state index contributed by atoms with van der Waals surface area (Å²) in [6.45, 7) is 6.73. The van der Waals surface area contributed by atoms with Crippen LogP contribution in [0, 0.1) is 0 Å². The fourth-order valence-electron chi connectivity index (χ4n) is 2.08. The highest BCUT2D eigenvalue weighted by Crippen LogP contribution is 2.06. The highest BCUT2D eigenvalue weighted by Gasteiger charge is 2.18. The van der Waals surface area contributed by atoms with Crippen molar-refractivity contribution >= 4 is 5.91 Å². The van der Waals surface area contributed by atoms with Gasteiger partial charge in [-0.15, -0.1) is 0 Å². The number of amides is 1. The molecule has 0 spiro atoms. The summed E-state index contributed by atoms with van der Waals surface area (Å²) in [6, 6.07) is 0.557. The van der Waals surface area contributed by atoms with E-state index in [1.807, 2.05) is 0 Å². The number of likely N-dealkylation sites (N-methyl/N-ethyl adjacent to an activating group) is 1. The molecule has 0 aliphatic carbocycles. The van der Waals surface area contributed by atoms with E-state index in [4.69, 9.17) is 4.74 Å². The van der Waals surface area contributed by atoms with Gasteiger partial charge in [0.25, 0.3) is 0 Å². The number of nitrogens with one attached hydrogen (secondary N) is 2. The fraction of sp³-hybridized carbons (Fsp3) is 0.917. The van der Waals surface area contributed by atoms with E-state index in [1.165, 1.54) is 12.8 Å². The van der Waals surface area contributed by atoms with Crippen LogP contribution in [0.25, 0.3) is 0 Å². The van der Waals surface area contributed by atoms with E-state index >= 15 is 0 Å². The SMILES string of the molecule is CCN(CC(=O)NCCOC)CC1CCCN1. The molecule has 0 saturated carbocycles. The minimum absolute atomic E-state index is 0.0851. The van der Waals surface area contributed by atoms with Gasteiger partial charge in [0, 0.05) is 26.2 Å². The number of methoxy groups -OCH3 is 1. The zero-order valence-corrected chi connectivity index (χ0v) is 11.0. The maximum atomic E-state index is 11.6. The molecule has 100 valence electrons. The summed E-state index contributed by atoms with van der Waals surface area (Å²) < 4.78 is 4.89. The fourth-order valence-corrected chi connectivity index (χ4v) is 2.08. The largest absolute Gasteiger partial charge is 0.383 e. The average Bonchev–Trinajstić information content (AvgIpc) is 2.81. The Morgan fingerprint density at radius 3 is 3.00 bits per heavy atom. The Morgan fingerprint density at radius 1 is 1.59 bits per heavy atom. The lowest BCUT2D eigenvalue weighted by Gasteiger charge is -2.23. The second kappa shape index (κ2) is 8.44. The minimum atomic E-state index is 0.0851. The molecule has 17 heavy (non-hydrogen) atoms. The van der Waals surface area contributed by atoms with E-state index in [2.05, 4.69) is 22.5 Å². The maximum Gasteiger partial charge on any atom is 0.234 e. The zero-order valence-electron chi connectivity index (χ0n) is 11.0. The molecule has 0 aromatic rings. The van der Waals surface area contributed by atoms with Crippen molar-refractivity contribution in [3.63, 3.8) is 0 Å². The standard InChI is InChI=1S/C12H25N3O2/c1-3-15(9-11-5-4-6-13-11)10-12(16)14-7-8-17-2/h11,13H,3-10H2,1-2H3,(H,14,16). The molecule has 2 N–H and O–H groups in total. The number of hydrogen-bond acceptors (Lipinski definition) is 4. The van der Waals surface area contributed by atoms with Crippen LogP contribution in [-0.2, 0) is 9.53 Å². The zero-order chi connectivity index (χ0) is 12.5. The number of carbonyl (C=O) groups is 1. The molecule has 1 amide bonds. The minimum Gasteiger partial charge on any atom is -0.383 e. The number of hydrogen-bond donors (Lipinski definition) is 2. The summed E-state index contributed by atoms with van der Waals surface area (Å²) in [6.07, 6.45) is 2.48. The molecular formula is C12H25N3O2. The number of nitrogens with zero attached hydrogens (tertiary/aromatic N) is 1. The Balaban J connectivity index is 2.18. The van der Waals surface area contributed by atoms with Gasteiger partial charge in [-0.3, -0.25) is 9.69 Å². The lowest BCUT2D eigenvalue weighted by Crippen LogP contribution is -2.43. The van der Waals surface area contributed by atoms with E-state index < -0.39 is 0 Å². The van der Waals surface area contributed by atoms with Gasteiger partial charge >= 0.3 is 0 Å². The molecule has 1 unspecified atom stereocenters. The Kier molecular flexibility index (Phi) is 7.16. The first-order valence-electron chi connectivity index (χ1n) is 6.47. The third-order valence-electron chi connectivity index (χ3n) is 3.08. The molecule has 1 rings (SSSR count). The molecule has 0 aromatic heterocycles. The van der Waals surface area contributed by atoms with Crippen LogP contribution in [0.15, 0.2) is 0 Å². The van der Waals surface area contributed by atoms with Gasteiger partial charge in [-0.1, -0.05) is 6.92 Å². The Bertz CT molecular complexity index is 218. The first kappa shape index (κ1) is 14.4. The highest BCUT2D eigenvalue weighted by molar-refractivity contribution is 5.77. The van der Waals surface area contributed by atoms with E-state index in [0.29, 0.717) is 25.7 Å². The smallest absolute Gasteiger partial charge is 0.234 e. The lowest BCUT2D eigenvalue weighted by molar-refractivity contribution is -0.122. The molecule has 0 bridgehead atoms.